The van der Waals surface area contributed by atoms with E-state index in [0.717, 1.165) is 31.6 Å². The van der Waals surface area contributed by atoms with E-state index in [4.69, 9.17) is 10.4 Å². The number of nitrogens with zero attached hydrogens (tertiary/aromatic N) is 1. The predicted molar refractivity (Wildman–Crippen MR) is 70.6 cm³/mol. The second kappa shape index (κ2) is 8.86. The largest absolute Gasteiger partial charge is 0.396 e. The van der Waals surface area contributed by atoms with Crippen LogP contribution in [0.5, 0.6) is 0 Å². The molecular formula is C12H24N2OS. The van der Waals surface area contributed by atoms with Crippen LogP contribution in [0.2, 0.25) is 0 Å². The summed E-state index contributed by atoms with van der Waals surface area (Å²) in [5.41, 5.74) is -0.401. The third kappa shape index (κ3) is 7.10. The molecule has 0 fully saturated rings. The topological polar surface area (TPSA) is 56.0 Å². The molecule has 0 bridgehead atoms. The molecule has 0 spiro atoms. The zero-order chi connectivity index (χ0) is 12.4. The molecule has 0 rings (SSSR count). The van der Waals surface area contributed by atoms with Crippen LogP contribution in [-0.2, 0) is 0 Å². The fraction of sp³-hybridized carbons (Fsp3) is 0.917. The van der Waals surface area contributed by atoms with Crippen LogP contribution in [0, 0.1) is 11.3 Å². The molecule has 0 saturated carbocycles. The van der Waals surface area contributed by atoms with Gasteiger partial charge in [-0.3, -0.25) is 5.32 Å². The van der Waals surface area contributed by atoms with Gasteiger partial charge < -0.3 is 5.11 Å². The van der Waals surface area contributed by atoms with Crippen LogP contribution in [0.3, 0.4) is 0 Å². The van der Waals surface area contributed by atoms with Crippen molar-refractivity contribution < 1.29 is 5.11 Å². The van der Waals surface area contributed by atoms with E-state index in [2.05, 4.69) is 25.2 Å². The molecule has 0 radical (unpaired) electrons. The molecule has 2 unspecified atom stereocenters. The molecule has 94 valence electrons. The van der Waals surface area contributed by atoms with Gasteiger partial charge in [0.1, 0.15) is 5.54 Å². The number of aliphatic hydroxyl groups is 1. The van der Waals surface area contributed by atoms with E-state index in [0.29, 0.717) is 5.25 Å². The lowest BCUT2D eigenvalue weighted by Gasteiger charge is -2.23. The maximum Gasteiger partial charge on any atom is 0.104 e. The minimum absolute atomic E-state index is 0.248. The summed E-state index contributed by atoms with van der Waals surface area (Å²) in [6.07, 6.45) is 2.73. The molecule has 0 amide bonds. The lowest BCUT2D eigenvalue weighted by molar-refractivity contribution is 0.289. The Bertz CT molecular complexity index is 218. The smallest absolute Gasteiger partial charge is 0.104 e. The number of aliphatic hydroxyl groups excluding tert-OH is 1. The number of nitriles is 1. The Morgan fingerprint density at radius 3 is 2.75 bits per heavy atom. The van der Waals surface area contributed by atoms with Crippen LogP contribution in [0.4, 0.5) is 0 Å². The summed E-state index contributed by atoms with van der Waals surface area (Å²) in [6.45, 7) is 7.31. The van der Waals surface area contributed by atoms with Crippen molar-refractivity contribution in [2.24, 2.45) is 0 Å². The average Bonchev–Trinajstić information content (AvgIpc) is 2.27. The molecule has 3 nitrogen and oxygen atoms in total. The molecule has 0 saturated heterocycles. The summed E-state index contributed by atoms with van der Waals surface area (Å²) in [5, 5.41) is 21.6. The van der Waals surface area contributed by atoms with Crippen LogP contribution in [0.15, 0.2) is 0 Å². The highest BCUT2D eigenvalue weighted by molar-refractivity contribution is 7.99. The van der Waals surface area contributed by atoms with Crippen LogP contribution < -0.4 is 5.32 Å². The Kier molecular flexibility index (Phi) is 8.73. The zero-order valence-corrected chi connectivity index (χ0v) is 11.4. The van der Waals surface area contributed by atoms with Crippen molar-refractivity contribution in [3.05, 3.63) is 0 Å². The molecule has 2 atom stereocenters. The van der Waals surface area contributed by atoms with Crippen LogP contribution in [0.25, 0.3) is 0 Å². The van der Waals surface area contributed by atoms with Gasteiger partial charge in [0.15, 0.2) is 0 Å². The normalized spacial score (nSPS) is 16.4. The fourth-order valence-electron chi connectivity index (χ4n) is 1.31. The van der Waals surface area contributed by atoms with Crippen LogP contribution in [-0.4, -0.2) is 34.8 Å². The van der Waals surface area contributed by atoms with Gasteiger partial charge in [0.05, 0.1) is 6.07 Å². The van der Waals surface area contributed by atoms with Gasteiger partial charge in [-0.05, 0) is 38.5 Å². The maximum absolute atomic E-state index is 9.12. The Morgan fingerprint density at radius 2 is 2.25 bits per heavy atom. The van der Waals surface area contributed by atoms with Gasteiger partial charge in [0, 0.05) is 11.9 Å². The minimum Gasteiger partial charge on any atom is -0.396 e. The predicted octanol–water partition coefficient (Wildman–Crippen LogP) is 2.16. The molecule has 0 aliphatic carbocycles. The van der Waals surface area contributed by atoms with Crippen molar-refractivity contribution in [1.82, 2.24) is 5.32 Å². The second-order valence-electron chi connectivity index (χ2n) is 4.31. The van der Waals surface area contributed by atoms with E-state index in [1.54, 1.807) is 0 Å². The van der Waals surface area contributed by atoms with Crippen LogP contribution in [0.1, 0.15) is 40.0 Å². The highest BCUT2D eigenvalue weighted by Crippen LogP contribution is 2.19. The molecule has 4 heteroatoms. The second-order valence-corrected chi connectivity index (χ2v) is 5.86. The Morgan fingerprint density at radius 1 is 1.56 bits per heavy atom. The first-order valence-corrected chi connectivity index (χ1v) is 7.01. The van der Waals surface area contributed by atoms with Crippen LogP contribution >= 0.6 is 11.8 Å². The van der Waals surface area contributed by atoms with E-state index < -0.39 is 5.54 Å². The SMILES string of the molecule is CCCNC(C)(C#N)CCSC(C)CCO. The summed E-state index contributed by atoms with van der Waals surface area (Å²) in [5.74, 6) is 0.960. The molecule has 0 aliphatic rings. The molecule has 0 aromatic heterocycles. The summed E-state index contributed by atoms with van der Waals surface area (Å²) in [6, 6.07) is 2.35. The summed E-state index contributed by atoms with van der Waals surface area (Å²) < 4.78 is 0. The summed E-state index contributed by atoms with van der Waals surface area (Å²) in [4.78, 5) is 0. The molecule has 0 aliphatic heterocycles. The number of hydrogen-bond acceptors (Lipinski definition) is 4. The lowest BCUT2D eigenvalue weighted by Crippen LogP contribution is -2.41. The molecule has 0 aromatic rings. The fourth-order valence-corrected chi connectivity index (χ4v) is 2.51. The highest BCUT2D eigenvalue weighted by atomic mass is 32.2. The standard InChI is InChI=1S/C12H24N2OS/c1-4-7-14-12(3,10-13)6-9-16-11(2)5-8-15/h11,14-15H,4-9H2,1-3H3. The summed E-state index contributed by atoms with van der Waals surface area (Å²) >= 11 is 1.83. The van der Waals surface area contributed by atoms with E-state index in [9.17, 15) is 0 Å². The summed E-state index contributed by atoms with van der Waals surface area (Å²) in [7, 11) is 0. The monoisotopic (exact) mass is 244 g/mol. The Hall–Kier alpha value is -0.240. The minimum atomic E-state index is -0.401. The van der Waals surface area contributed by atoms with Crippen molar-refractivity contribution in [3.63, 3.8) is 0 Å². The van der Waals surface area contributed by atoms with Crippen molar-refractivity contribution in [2.75, 3.05) is 18.9 Å². The number of rotatable bonds is 9. The van der Waals surface area contributed by atoms with E-state index in [1.807, 2.05) is 18.7 Å². The molecule has 0 heterocycles. The van der Waals surface area contributed by atoms with Gasteiger partial charge in [-0.15, -0.1) is 0 Å². The van der Waals surface area contributed by atoms with Crippen molar-refractivity contribution >= 4 is 11.8 Å². The first-order chi connectivity index (χ1) is 7.58. The number of thioether (sulfide) groups is 1. The van der Waals surface area contributed by atoms with E-state index >= 15 is 0 Å². The van der Waals surface area contributed by atoms with Crippen molar-refractivity contribution in [3.8, 4) is 6.07 Å². The molecule has 0 aromatic carbocycles. The van der Waals surface area contributed by atoms with Crippen molar-refractivity contribution in [2.45, 2.75) is 50.8 Å². The van der Waals surface area contributed by atoms with Gasteiger partial charge in [0.25, 0.3) is 0 Å². The van der Waals surface area contributed by atoms with Gasteiger partial charge in [-0.2, -0.15) is 17.0 Å². The first kappa shape index (κ1) is 15.8. The average molecular weight is 244 g/mol. The zero-order valence-electron chi connectivity index (χ0n) is 10.6. The third-order valence-corrected chi connectivity index (χ3v) is 3.80. The van der Waals surface area contributed by atoms with Gasteiger partial charge in [-0.1, -0.05) is 13.8 Å². The Balaban J connectivity index is 3.82. The Labute approximate surface area is 104 Å². The molecule has 16 heavy (non-hydrogen) atoms. The highest BCUT2D eigenvalue weighted by Gasteiger charge is 2.22. The van der Waals surface area contributed by atoms with Gasteiger partial charge in [0.2, 0.25) is 0 Å². The van der Waals surface area contributed by atoms with Gasteiger partial charge in [-0.25, -0.2) is 0 Å². The first-order valence-electron chi connectivity index (χ1n) is 5.96. The van der Waals surface area contributed by atoms with E-state index in [-0.39, 0.29) is 6.61 Å². The van der Waals surface area contributed by atoms with E-state index in [1.165, 1.54) is 0 Å². The quantitative estimate of drug-likeness (QED) is 0.652. The third-order valence-electron chi connectivity index (χ3n) is 2.55. The number of hydrogen-bond donors (Lipinski definition) is 2. The molecule has 2 N–H and O–H groups in total. The maximum atomic E-state index is 9.12. The molecular weight excluding hydrogens is 220 g/mol. The van der Waals surface area contributed by atoms with Gasteiger partial charge >= 0.3 is 0 Å². The number of nitrogens with one attached hydrogen (secondary N) is 1. The van der Waals surface area contributed by atoms with Crippen molar-refractivity contribution in [1.29, 1.82) is 5.26 Å². The lowest BCUT2D eigenvalue weighted by atomic mass is 10.0.